The van der Waals surface area contributed by atoms with Crippen molar-refractivity contribution in [3.05, 3.63) is 11.9 Å². The highest BCUT2D eigenvalue weighted by Gasteiger charge is 2.38. The first-order valence-electron chi connectivity index (χ1n) is 13.3. The average molecular weight is 493 g/mol. The molecule has 35 heavy (non-hydrogen) atoms. The number of hydrogen-bond donors (Lipinski definition) is 4. The summed E-state index contributed by atoms with van der Waals surface area (Å²) in [6.45, 7) is 5.87. The number of halogens is 1. The number of aliphatic imine (C=N–C) groups is 1. The number of nitrogens with zero attached hydrogens (tertiary/aromatic N) is 2. The lowest BCUT2D eigenvalue weighted by molar-refractivity contribution is -0.134. The predicted octanol–water partition coefficient (Wildman–Crippen LogP) is 2.44. The Morgan fingerprint density at radius 2 is 2.14 bits per heavy atom. The number of nitrogens with one attached hydrogen (secondary N) is 2. The molecule has 3 aliphatic rings. The van der Waals surface area contributed by atoms with E-state index in [4.69, 9.17) is 11.5 Å². The van der Waals surface area contributed by atoms with E-state index in [-0.39, 0.29) is 35.6 Å². The van der Waals surface area contributed by atoms with Crippen LogP contribution in [-0.2, 0) is 9.59 Å². The number of piperidine rings is 1. The Kier molecular flexibility index (Phi) is 9.69. The summed E-state index contributed by atoms with van der Waals surface area (Å²) >= 11 is 0. The number of amides is 2. The monoisotopic (exact) mass is 492 g/mol. The van der Waals surface area contributed by atoms with Crippen LogP contribution in [0, 0.1) is 23.2 Å². The molecule has 0 aliphatic carbocycles. The van der Waals surface area contributed by atoms with E-state index in [0.29, 0.717) is 25.0 Å². The summed E-state index contributed by atoms with van der Waals surface area (Å²) in [7, 11) is 1.83. The van der Waals surface area contributed by atoms with Crippen molar-refractivity contribution < 1.29 is 14.0 Å². The SMILES string of the molecule is CCCCC1(C)CCC(F)C/N=C(/C(C(=O)NC2=CNCCC2C2CCN(C)C(=O)C2)C(N)N)C1. The molecule has 0 aromatic rings. The zero-order valence-corrected chi connectivity index (χ0v) is 21.7. The van der Waals surface area contributed by atoms with Crippen LogP contribution in [0.5, 0.6) is 0 Å². The van der Waals surface area contributed by atoms with Crippen LogP contribution in [0.3, 0.4) is 0 Å². The van der Waals surface area contributed by atoms with Gasteiger partial charge >= 0.3 is 0 Å². The smallest absolute Gasteiger partial charge is 0.235 e. The van der Waals surface area contributed by atoms with Gasteiger partial charge in [-0.15, -0.1) is 0 Å². The van der Waals surface area contributed by atoms with Gasteiger partial charge < -0.3 is 27.0 Å². The molecule has 0 spiro atoms. The lowest BCUT2D eigenvalue weighted by atomic mass is 9.73. The van der Waals surface area contributed by atoms with Gasteiger partial charge in [-0.25, -0.2) is 4.39 Å². The van der Waals surface area contributed by atoms with Gasteiger partial charge in [0.05, 0.1) is 12.7 Å². The molecule has 0 radical (unpaired) electrons. The number of unbranched alkanes of at least 4 members (excludes halogenated alkanes) is 1. The van der Waals surface area contributed by atoms with Crippen LogP contribution in [0.15, 0.2) is 16.9 Å². The van der Waals surface area contributed by atoms with Gasteiger partial charge in [-0.2, -0.15) is 0 Å². The maximum atomic E-state index is 14.5. The zero-order chi connectivity index (χ0) is 25.6. The van der Waals surface area contributed by atoms with Crippen molar-refractivity contribution >= 4 is 17.5 Å². The van der Waals surface area contributed by atoms with Crippen LogP contribution in [0.2, 0.25) is 0 Å². The minimum Gasteiger partial charge on any atom is -0.389 e. The van der Waals surface area contributed by atoms with Gasteiger partial charge in [0.1, 0.15) is 12.1 Å². The number of carbonyl (C=O) groups excluding carboxylic acids is 2. The number of rotatable bonds is 8. The molecule has 198 valence electrons. The lowest BCUT2D eigenvalue weighted by Crippen LogP contribution is -2.53. The molecule has 3 aliphatic heterocycles. The highest BCUT2D eigenvalue weighted by atomic mass is 19.1. The van der Waals surface area contributed by atoms with Crippen LogP contribution < -0.4 is 22.1 Å². The van der Waals surface area contributed by atoms with Crippen LogP contribution in [0.1, 0.15) is 71.6 Å². The van der Waals surface area contributed by atoms with Crippen LogP contribution in [0.4, 0.5) is 4.39 Å². The van der Waals surface area contributed by atoms with Crippen molar-refractivity contribution in [2.45, 2.75) is 84.0 Å². The van der Waals surface area contributed by atoms with Gasteiger partial charge in [-0.1, -0.05) is 26.7 Å². The van der Waals surface area contributed by atoms with Gasteiger partial charge in [0.2, 0.25) is 11.8 Å². The number of alkyl halides is 1. The lowest BCUT2D eigenvalue weighted by Gasteiger charge is -2.38. The van der Waals surface area contributed by atoms with E-state index in [1.807, 2.05) is 13.2 Å². The quantitative estimate of drug-likeness (QED) is 0.387. The molecule has 6 N–H and O–H groups in total. The molecule has 3 heterocycles. The summed E-state index contributed by atoms with van der Waals surface area (Å²) in [6, 6.07) is 0. The van der Waals surface area contributed by atoms with E-state index in [1.54, 1.807) is 4.90 Å². The number of hydrogen-bond acceptors (Lipinski definition) is 6. The number of carbonyl (C=O) groups is 2. The summed E-state index contributed by atoms with van der Waals surface area (Å²) in [5.74, 6) is -0.725. The maximum absolute atomic E-state index is 14.5. The first-order chi connectivity index (χ1) is 16.6. The van der Waals surface area contributed by atoms with Gasteiger partial charge in [0.15, 0.2) is 0 Å². The van der Waals surface area contributed by atoms with Crippen molar-refractivity contribution in [3.63, 3.8) is 0 Å². The summed E-state index contributed by atoms with van der Waals surface area (Å²) in [5.41, 5.74) is 13.5. The molecule has 0 aromatic heterocycles. The number of nitrogens with two attached hydrogens (primary N) is 2. The molecule has 1 fully saturated rings. The minimum atomic E-state index is -1.03. The van der Waals surface area contributed by atoms with Gasteiger partial charge in [0, 0.05) is 50.1 Å². The average Bonchev–Trinajstić information content (AvgIpc) is 2.81. The van der Waals surface area contributed by atoms with Crippen LogP contribution in [-0.4, -0.2) is 61.4 Å². The van der Waals surface area contributed by atoms with E-state index in [9.17, 15) is 14.0 Å². The largest absolute Gasteiger partial charge is 0.389 e. The summed E-state index contributed by atoms with van der Waals surface area (Å²) in [5, 5.41) is 6.31. The van der Waals surface area contributed by atoms with Crippen molar-refractivity contribution in [1.82, 2.24) is 15.5 Å². The van der Waals surface area contributed by atoms with Gasteiger partial charge in [0.25, 0.3) is 0 Å². The summed E-state index contributed by atoms with van der Waals surface area (Å²) < 4.78 is 14.5. The third-order valence-electron chi connectivity index (χ3n) is 8.11. The molecule has 0 bridgehead atoms. The third-order valence-corrected chi connectivity index (χ3v) is 8.11. The number of likely N-dealkylation sites (tertiary alicyclic amines) is 1. The Balaban J connectivity index is 1.79. The van der Waals surface area contributed by atoms with E-state index >= 15 is 0 Å². The van der Waals surface area contributed by atoms with Crippen LogP contribution in [0.25, 0.3) is 0 Å². The fraction of sp³-hybridized carbons (Fsp3) is 0.808. The molecule has 1 saturated heterocycles. The Hall–Kier alpha value is -2.00. The Morgan fingerprint density at radius 1 is 1.37 bits per heavy atom. The third kappa shape index (κ3) is 7.26. The zero-order valence-electron chi connectivity index (χ0n) is 21.7. The molecule has 2 amide bonds. The summed E-state index contributed by atoms with van der Waals surface area (Å²) in [6.07, 6.45) is 6.98. The minimum absolute atomic E-state index is 0.0419. The molecular formula is C26H45FN6O2. The fourth-order valence-electron chi connectivity index (χ4n) is 5.80. The first kappa shape index (κ1) is 27.6. The topological polar surface area (TPSA) is 126 Å². The van der Waals surface area contributed by atoms with Crippen LogP contribution >= 0.6 is 0 Å². The molecular weight excluding hydrogens is 447 g/mol. The Morgan fingerprint density at radius 3 is 2.83 bits per heavy atom. The summed E-state index contributed by atoms with van der Waals surface area (Å²) in [4.78, 5) is 32.3. The second kappa shape index (κ2) is 12.3. The second-order valence-corrected chi connectivity index (χ2v) is 11.1. The highest BCUT2D eigenvalue weighted by molar-refractivity contribution is 6.05. The molecule has 0 saturated carbocycles. The standard InChI is InChI=1S/C26H45FN6O2/c1-4-5-9-26(2)10-6-18(27)15-31-20(14-26)23(24(28)29)25(35)32-21-16-30-11-7-19(21)17-8-12-33(3)22(34)13-17/h16-19,23-24,30H,4-15,28-29H2,1-3H3,(H,32,35)/b31-20+. The van der Waals surface area contributed by atoms with Crippen molar-refractivity contribution in [2.75, 3.05) is 26.7 Å². The van der Waals surface area contributed by atoms with Gasteiger partial charge in [-0.3, -0.25) is 14.6 Å². The van der Waals surface area contributed by atoms with E-state index in [2.05, 4.69) is 29.5 Å². The fourth-order valence-corrected chi connectivity index (χ4v) is 5.80. The van der Waals surface area contributed by atoms with E-state index in [1.165, 1.54) is 0 Å². The van der Waals surface area contributed by atoms with Crippen molar-refractivity contribution in [1.29, 1.82) is 0 Å². The molecule has 9 heteroatoms. The molecule has 5 atom stereocenters. The van der Waals surface area contributed by atoms with E-state index in [0.717, 1.165) is 57.3 Å². The van der Waals surface area contributed by atoms with Crippen molar-refractivity contribution in [3.8, 4) is 0 Å². The first-order valence-corrected chi connectivity index (χ1v) is 13.3. The maximum Gasteiger partial charge on any atom is 0.235 e. The second-order valence-electron chi connectivity index (χ2n) is 11.1. The molecule has 5 unspecified atom stereocenters. The highest BCUT2D eigenvalue weighted by Crippen LogP contribution is 2.38. The van der Waals surface area contributed by atoms with Gasteiger partial charge in [-0.05, 0) is 49.9 Å². The Labute approximate surface area is 209 Å². The van der Waals surface area contributed by atoms with E-state index < -0.39 is 18.3 Å². The molecule has 0 aromatic carbocycles. The molecule has 8 nitrogen and oxygen atoms in total. The Bertz CT molecular complexity index is 816. The predicted molar refractivity (Wildman–Crippen MR) is 137 cm³/mol. The van der Waals surface area contributed by atoms with Crippen molar-refractivity contribution in [2.24, 2.45) is 39.6 Å². The number of allylic oxidation sites excluding steroid dienone is 1. The molecule has 3 rings (SSSR count). The normalized spacial score (nSPS) is 32.6.